The molecule has 0 heterocycles. The lowest BCUT2D eigenvalue weighted by atomic mass is 9.77. The lowest BCUT2D eigenvalue weighted by Gasteiger charge is -2.37. The maximum absolute atomic E-state index is 14.8. The molecular formula is C46H43N2O5P. The summed E-state index contributed by atoms with van der Waals surface area (Å²) in [5.74, 6) is -1.38. The summed E-state index contributed by atoms with van der Waals surface area (Å²) in [6, 6.07) is 54.3. The minimum absolute atomic E-state index is 0.0156. The van der Waals surface area contributed by atoms with Crippen molar-refractivity contribution in [1.82, 2.24) is 10.6 Å². The van der Waals surface area contributed by atoms with E-state index in [9.17, 15) is 18.9 Å². The number of rotatable bonds is 14. The van der Waals surface area contributed by atoms with Crippen molar-refractivity contribution in [3.05, 3.63) is 198 Å². The Hall–Kier alpha value is -6.04. The zero-order valence-electron chi connectivity index (χ0n) is 30.3. The molecule has 6 rings (SSSR count). The molecule has 0 aliphatic carbocycles. The van der Waals surface area contributed by atoms with Gasteiger partial charge >= 0.3 is 5.97 Å². The molecule has 2 unspecified atom stereocenters. The van der Waals surface area contributed by atoms with Crippen molar-refractivity contribution in [3.8, 4) is 0 Å². The molecule has 272 valence electrons. The second kappa shape index (κ2) is 17.2. The van der Waals surface area contributed by atoms with E-state index in [4.69, 9.17) is 4.74 Å². The first kappa shape index (κ1) is 37.7. The van der Waals surface area contributed by atoms with Gasteiger partial charge in [-0.1, -0.05) is 176 Å². The van der Waals surface area contributed by atoms with Gasteiger partial charge in [-0.25, -0.2) is 4.79 Å². The van der Waals surface area contributed by atoms with Crippen LogP contribution in [0.3, 0.4) is 0 Å². The van der Waals surface area contributed by atoms with Crippen molar-refractivity contribution in [2.24, 2.45) is 0 Å². The smallest absolute Gasteiger partial charge is 0.329 e. The van der Waals surface area contributed by atoms with Crippen LogP contribution in [0.25, 0.3) is 0 Å². The van der Waals surface area contributed by atoms with E-state index < -0.39 is 36.7 Å². The highest BCUT2D eigenvalue weighted by Gasteiger charge is 2.38. The van der Waals surface area contributed by atoms with Gasteiger partial charge in [0.15, 0.2) is 7.14 Å². The predicted octanol–water partition coefficient (Wildman–Crippen LogP) is 7.32. The maximum atomic E-state index is 14.8. The van der Waals surface area contributed by atoms with Gasteiger partial charge < -0.3 is 19.9 Å². The molecule has 6 aromatic rings. The zero-order valence-corrected chi connectivity index (χ0v) is 31.2. The van der Waals surface area contributed by atoms with E-state index in [1.54, 1.807) is 6.92 Å². The van der Waals surface area contributed by atoms with E-state index >= 15 is 0 Å². The van der Waals surface area contributed by atoms with Crippen LogP contribution in [0.5, 0.6) is 0 Å². The van der Waals surface area contributed by atoms with Crippen LogP contribution in [-0.4, -0.2) is 23.8 Å². The Kier molecular flexibility index (Phi) is 12.0. The molecule has 0 aromatic heterocycles. The van der Waals surface area contributed by atoms with Crippen molar-refractivity contribution in [3.63, 3.8) is 0 Å². The topological polar surface area (TPSA) is 102 Å². The van der Waals surface area contributed by atoms with Crippen LogP contribution in [0.2, 0.25) is 0 Å². The summed E-state index contributed by atoms with van der Waals surface area (Å²) in [5.41, 5.74) is 2.29. The van der Waals surface area contributed by atoms with Gasteiger partial charge in [0, 0.05) is 29.3 Å². The fourth-order valence-electron chi connectivity index (χ4n) is 6.83. The molecule has 8 heteroatoms. The van der Waals surface area contributed by atoms with Gasteiger partial charge in [0.1, 0.15) is 17.7 Å². The minimum Gasteiger partial charge on any atom is -0.456 e. The third-order valence-electron chi connectivity index (χ3n) is 9.53. The molecule has 2 amide bonds. The lowest BCUT2D eigenvalue weighted by Crippen LogP contribution is -2.48. The average Bonchev–Trinajstić information content (AvgIpc) is 3.22. The monoisotopic (exact) mass is 734 g/mol. The Labute approximate surface area is 316 Å². The van der Waals surface area contributed by atoms with Crippen LogP contribution in [0.4, 0.5) is 0 Å². The highest BCUT2D eigenvalue weighted by atomic mass is 31.2. The third-order valence-corrected chi connectivity index (χ3v) is 12.6. The lowest BCUT2D eigenvalue weighted by molar-refractivity contribution is -0.152. The van der Waals surface area contributed by atoms with Crippen LogP contribution in [0, 0.1) is 0 Å². The molecular weight excluding hydrogens is 691 g/mol. The molecule has 0 saturated heterocycles. The quantitative estimate of drug-likeness (QED) is 0.0694. The Morgan fingerprint density at radius 1 is 0.593 bits per heavy atom. The van der Waals surface area contributed by atoms with E-state index in [0.29, 0.717) is 10.9 Å². The van der Waals surface area contributed by atoms with Crippen molar-refractivity contribution >= 4 is 40.8 Å². The van der Waals surface area contributed by atoms with Crippen molar-refractivity contribution < 1.29 is 23.7 Å². The molecule has 0 aliphatic heterocycles. The molecule has 6 aromatic carbocycles. The number of hydrogen-bond acceptors (Lipinski definition) is 5. The molecule has 0 spiro atoms. The summed E-state index contributed by atoms with van der Waals surface area (Å²) in [7, 11) is -3.17. The highest BCUT2D eigenvalue weighted by molar-refractivity contribution is 7.85. The zero-order chi connectivity index (χ0) is 38.0. The van der Waals surface area contributed by atoms with Gasteiger partial charge in [-0.15, -0.1) is 0 Å². The van der Waals surface area contributed by atoms with E-state index in [1.165, 1.54) is 6.92 Å². The normalized spacial score (nSPS) is 12.6. The van der Waals surface area contributed by atoms with Gasteiger partial charge in [-0.2, -0.15) is 0 Å². The standard InChI is InChI=1S/C46H43N2O5P/c1-34(36-28-30-42(31-29-36)54(52,40-24-14-6-15-25-40)41-26-16-7-17-27-41)53-45(51)43(47-35(2)49)32-33-44(50)48-46(37-18-8-3-9-19-37,38-20-10-4-11-21-38)39-22-12-5-13-23-39/h3-31,34,43H,32-33H2,1-2H3,(H,47,49)(H,48,50). The van der Waals surface area contributed by atoms with Gasteiger partial charge in [-0.05, 0) is 35.6 Å². The first-order chi connectivity index (χ1) is 26.2. The second-order valence-electron chi connectivity index (χ2n) is 13.1. The number of esters is 1. The van der Waals surface area contributed by atoms with Gasteiger partial charge in [0.05, 0.1) is 0 Å². The Morgan fingerprint density at radius 2 is 0.981 bits per heavy atom. The van der Waals surface area contributed by atoms with Gasteiger partial charge in [-0.3, -0.25) is 9.59 Å². The SMILES string of the molecule is CC(=O)NC(CCC(=O)NC(c1ccccc1)(c1ccccc1)c1ccccc1)C(=O)OC(C)c1ccc(P(=O)(c2ccccc2)c2ccccc2)cc1. The van der Waals surface area contributed by atoms with Gasteiger partial charge in [0.25, 0.3) is 0 Å². The minimum atomic E-state index is -3.17. The first-order valence-electron chi connectivity index (χ1n) is 18.0. The Bertz CT molecular complexity index is 2060. The van der Waals surface area contributed by atoms with Crippen molar-refractivity contribution in [2.75, 3.05) is 0 Å². The molecule has 54 heavy (non-hydrogen) atoms. The fraction of sp³-hybridized carbons (Fsp3) is 0.152. The Morgan fingerprint density at radius 3 is 1.39 bits per heavy atom. The summed E-state index contributed by atoms with van der Waals surface area (Å²) >= 11 is 0. The number of carbonyl (C=O) groups excluding carboxylic acids is 3. The van der Waals surface area contributed by atoms with Crippen LogP contribution in [-0.2, 0) is 29.2 Å². The third kappa shape index (κ3) is 8.27. The molecule has 0 saturated carbocycles. The van der Waals surface area contributed by atoms with Crippen molar-refractivity contribution in [1.29, 1.82) is 0 Å². The highest BCUT2D eigenvalue weighted by Crippen LogP contribution is 2.42. The molecule has 0 bridgehead atoms. The van der Waals surface area contributed by atoms with Crippen LogP contribution in [0.1, 0.15) is 55.0 Å². The second-order valence-corrected chi connectivity index (χ2v) is 15.9. The number of nitrogens with one attached hydrogen (secondary N) is 2. The van der Waals surface area contributed by atoms with Crippen LogP contribution in [0.15, 0.2) is 176 Å². The number of carbonyl (C=O) groups is 3. The van der Waals surface area contributed by atoms with Gasteiger partial charge in [0.2, 0.25) is 11.8 Å². The summed E-state index contributed by atoms with van der Waals surface area (Å²) < 4.78 is 20.6. The molecule has 0 aliphatic rings. The number of amides is 2. The Balaban J connectivity index is 1.19. The van der Waals surface area contributed by atoms with Crippen molar-refractivity contribution in [2.45, 2.75) is 44.4 Å². The van der Waals surface area contributed by atoms with Crippen LogP contribution >= 0.6 is 7.14 Å². The molecule has 2 N–H and O–H groups in total. The maximum Gasteiger partial charge on any atom is 0.329 e. The van der Waals surface area contributed by atoms with E-state index in [-0.39, 0.29) is 18.7 Å². The number of hydrogen-bond donors (Lipinski definition) is 2. The average molecular weight is 735 g/mol. The summed E-state index contributed by atoms with van der Waals surface area (Å²) in [6.07, 6.45) is -0.737. The van der Waals surface area contributed by atoms with E-state index in [0.717, 1.165) is 27.3 Å². The number of ether oxygens (including phenoxy) is 1. The molecule has 2 atom stereocenters. The molecule has 0 fully saturated rings. The van der Waals surface area contributed by atoms with Crippen LogP contribution < -0.4 is 26.5 Å². The van der Waals surface area contributed by atoms with E-state index in [1.807, 2.05) is 176 Å². The fourth-order valence-corrected chi connectivity index (χ4v) is 9.47. The first-order valence-corrected chi connectivity index (χ1v) is 19.7. The largest absolute Gasteiger partial charge is 0.456 e. The number of benzene rings is 6. The van der Waals surface area contributed by atoms with E-state index in [2.05, 4.69) is 10.6 Å². The molecule has 0 radical (unpaired) electrons. The summed E-state index contributed by atoms with van der Waals surface area (Å²) in [6.45, 7) is 3.07. The summed E-state index contributed by atoms with van der Waals surface area (Å²) in [4.78, 5) is 39.8. The molecule has 7 nitrogen and oxygen atoms in total. The summed E-state index contributed by atoms with van der Waals surface area (Å²) in [5, 5.41) is 8.09. The predicted molar refractivity (Wildman–Crippen MR) is 215 cm³/mol.